The van der Waals surface area contributed by atoms with Gasteiger partial charge in [-0.2, -0.15) is 0 Å². The molecular formula is C15H14ClN3O2. The van der Waals surface area contributed by atoms with Gasteiger partial charge in [-0.3, -0.25) is 0 Å². The predicted molar refractivity (Wildman–Crippen MR) is 84.5 cm³/mol. The van der Waals surface area contributed by atoms with E-state index in [1.165, 1.54) is 0 Å². The van der Waals surface area contributed by atoms with Gasteiger partial charge < -0.3 is 15.8 Å². The van der Waals surface area contributed by atoms with E-state index in [-0.39, 0.29) is 0 Å². The first-order valence-corrected chi connectivity index (χ1v) is 6.60. The predicted octanol–water partition coefficient (Wildman–Crippen LogP) is 4.18. The molecule has 2 aromatic carbocycles. The fourth-order valence-corrected chi connectivity index (χ4v) is 1.98. The van der Waals surface area contributed by atoms with Crippen molar-refractivity contribution in [1.82, 2.24) is 0 Å². The smallest absolute Gasteiger partial charge is 0.323 e. The highest BCUT2D eigenvalue weighted by atomic mass is 35.5. The molecule has 21 heavy (non-hydrogen) atoms. The number of carbonyl (C=O) groups is 1. The highest BCUT2D eigenvalue weighted by Gasteiger charge is 2.10. The number of hydrogen-bond donors (Lipinski definition) is 3. The summed E-state index contributed by atoms with van der Waals surface area (Å²) < 4.78 is 0. The molecular weight excluding hydrogens is 290 g/mol. The Morgan fingerprint density at radius 1 is 1.05 bits per heavy atom. The summed E-state index contributed by atoms with van der Waals surface area (Å²) in [7, 11) is 0. The Labute approximate surface area is 127 Å². The minimum absolute atomic E-state index is 0.406. The first-order valence-electron chi connectivity index (χ1n) is 6.22. The number of carbonyl (C=O) groups excluding carboxylic acids is 1. The normalized spacial score (nSPS) is 11.0. The summed E-state index contributed by atoms with van der Waals surface area (Å²) in [6.07, 6.45) is 0. The number of anilines is 2. The van der Waals surface area contributed by atoms with Gasteiger partial charge in [-0.15, -0.1) is 0 Å². The van der Waals surface area contributed by atoms with E-state index in [0.29, 0.717) is 27.7 Å². The van der Waals surface area contributed by atoms with Gasteiger partial charge in [0.05, 0.1) is 22.1 Å². The zero-order valence-electron chi connectivity index (χ0n) is 11.3. The molecule has 2 rings (SSSR count). The number of halogens is 1. The fourth-order valence-electron chi connectivity index (χ4n) is 1.80. The minimum Gasteiger partial charge on any atom is -0.411 e. The SMILES string of the molecule is C/C(=N\O)c1ccccc1NC(=O)Nc1ccccc1Cl. The average Bonchev–Trinajstić information content (AvgIpc) is 2.49. The summed E-state index contributed by atoms with van der Waals surface area (Å²) >= 11 is 5.98. The van der Waals surface area contributed by atoms with E-state index in [0.717, 1.165) is 0 Å². The molecule has 0 radical (unpaired) electrons. The topological polar surface area (TPSA) is 73.7 Å². The van der Waals surface area contributed by atoms with Crippen molar-refractivity contribution in [1.29, 1.82) is 0 Å². The number of amides is 2. The highest BCUT2D eigenvalue weighted by molar-refractivity contribution is 6.33. The number of nitrogens with zero attached hydrogens (tertiary/aromatic N) is 1. The quantitative estimate of drug-likeness (QED) is 0.452. The highest BCUT2D eigenvalue weighted by Crippen LogP contribution is 2.21. The second-order valence-corrected chi connectivity index (χ2v) is 4.70. The van der Waals surface area contributed by atoms with Crippen LogP contribution in [-0.2, 0) is 0 Å². The van der Waals surface area contributed by atoms with Crippen molar-refractivity contribution in [3.8, 4) is 0 Å². The molecule has 2 aromatic rings. The first kappa shape index (κ1) is 14.9. The lowest BCUT2D eigenvalue weighted by Crippen LogP contribution is -2.21. The Hall–Kier alpha value is -2.53. The van der Waals surface area contributed by atoms with Crippen LogP contribution in [0.4, 0.5) is 16.2 Å². The number of hydrogen-bond acceptors (Lipinski definition) is 3. The Bertz CT molecular complexity index is 686. The molecule has 0 aliphatic heterocycles. The van der Waals surface area contributed by atoms with Crippen LogP contribution in [-0.4, -0.2) is 17.0 Å². The number of nitrogens with one attached hydrogen (secondary N) is 2. The molecule has 0 aromatic heterocycles. The van der Waals surface area contributed by atoms with E-state index >= 15 is 0 Å². The molecule has 2 amide bonds. The zero-order valence-corrected chi connectivity index (χ0v) is 12.1. The Balaban J connectivity index is 2.16. The number of benzene rings is 2. The van der Waals surface area contributed by atoms with E-state index in [9.17, 15) is 4.79 Å². The van der Waals surface area contributed by atoms with Gasteiger partial charge in [0.1, 0.15) is 0 Å². The lowest BCUT2D eigenvalue weighted by Gasteiger charge is -2.12. The number of para-hydroxylation sites is 2. The van der Waals surface area contributed by atoms with E-state index in [1.54, 1.807) is 55.5 Å². The van der Waals surface area contributed by atoms with E-state index in [4.69, 9.17) is 16.8 Å². The van der Waals surface area contributed by atoms with Gasteiger partial charge in [0.15, 0.2) is 0 Å². The largest absolute Gasteiger partial charge is 0.411 e. The van der Waals surface area contributed by atoms with Crippen LogP contribution in [0.1, 0.15) is 12.5 Å². The zero-order chi connectivity index (χ0) is 15.2. The second-order valence-electron chi connectivity index (χ2n) is 4.29. The van der Waals surface area contributed by atoms with Crippen molar-refractivity contribution in [2.75, 3.05) is 10.6 Å². The fraction of sp³-hybridized carbons (Fsp3) is 0.0667. The molecule has 0 saturated carbocycles. The molecule has 6 heteroatoms. The van der Waals surface area contributed by atoms with Crippen molar-refractivity contribution in [3.05, 3.63) is 59.1 Å². The van der Waals surface area contributed by atoms with Crippen molar-refractivity contribution in [3.63, 3.8) is 0 Å². The van der Waals surface area contributed by atoms with Crippen LogP contribution in [0.3, 0.4) is 0 Å². The lowest BCUT2D eigenvalue weighted by atomic mass is 10.1. The van der Waals surface area contributed by atoms with Gasteiger partial charge in [0.25, 0.3) is 0 Å². The molecule has 5 nitrogen and oxygen atoms in total. The summed E-state index contributed by atoms with van der Waals surface area (Å²) in [6, 6.07) is 13.6. The maximum Gasteiger partial charge on any atom is 0.323 e. The molecule has 0 atom stereocenters. The molecule has 0 fully saturated rings. The van der Waals surface area contributed by atoms with E-state index in [2.05, 4.69) is 15.8 Å². The van der Waals surface area contributed by atoms with Crippen LogP contribution in [0.25, 0.3) is 0 Å². The Kier molecular flexibility index (Phi) is 4.79. The van der Waals surface area contributed by atoms with Crippen LogP contribution in [0.15, 0.2) is 53.7 Å². The second kappa shape index (κ2) is 6.76. The molecule has 0 saturated heterocycles. The van der Waals surface area contributed by atoms with Gasteiger partial charge in [-0.25, -0.2) is 4.79 Å². The molecule has 0 spiro atoms. The average molecular weight is 304 g/mol. The van der Waals surface area contributed by atoms with Crippen LogP contribution >= 0.6 is 11.6 Å². The van der Waals surface area contributed by atoms with Crippen LogP contribution in [0.2, 0.25) is 5.02 Å². The molecule has 108 valence electrons. The standard InChI is InChI=1S/C15H14ClN3O2/c1-10(19-21)11-6-2-4-8-13(11)17-15(20)18-14-9-5-3-7-12(14)16/h2-9,21H,1H3,(H2,17,18,20)/b19-10+. The molecule has 0 unspecified atom stereocenters. The summed E-state index contributed by atoms with van der Waals surface area (Å²) in [5.41, 5.74) is 2.09. The van der Waals surface area contributed by atoms with Gasteiger partial charge in [-0.1, -0.05) is 47.1 Å². The molecule has 0 bridgehead atoms. The third kappa shape index (κ3) is 3.73. The minimum atomic E-state index is -0.429. The van der Waals surface area contributed by atoms with Crippen molar-refractivity contribution < 1.29 is 10.0 Å². The van der Waals surface area contributed by atoms with Gasteiger partial charge in [0, 0.05) is 5.56 Å². The van der Waals surface area contributed by atoms with Crippen LogP contribution in [0.5, 0.6) is 0 Å². The maximum absolute atomic E-state index is 12.0. The Morgan fingerprint density at radius 3 is 2.29 bits per heavy atom. The summed E-state index contributed by atoms with van der Waals surface area (Å²) in [5.74, 6) is 0. The van der Waals surface area contributed by atoms with Crippen molar-refractivity contribution in [2.24, 2.45) is 5.16 Å². The Morgan fingerprint density at radius 2 is 1.62 bits per heavy atom. The van der Waals surface area contributed by atoms with Gasteiger partial charge >= 0.3 is 6.03 Å². The molecule has 0 aliphatic carbocycles. The van der Waals surface area contributed by atoms with Crippen molar-refractivity contribution in [2.45, 2.75) is 6.92 Å². The first-order chi connectivity index (χ1) is 10.1. The van der Waals surface area contributed by atoms with Crippen LogP contribution < -0.4 is 10.6 Å². The lowest BCUT2D eigenvalue weighted by molar-refractivity contribution is 0.262. The number of urea groups is 1. The van der Waals surface area contributed by atoms with Gasteiger partial charge in [-0.05, 0) is 25.1 Å². The monoisotopic (exact) mass is 303 g/mol. The summed E-state index contributed by atoms with van der Waals surface area (Å²) in [5, 5.41) is 17.8. The van der Waals surface area contributed by atoms with Crippen molar-refractivity contribution >= 4 is 34.7 Å². The number of oxime groups is 1. The summed E-state index contributed by atoms with van der Waals surface area (Å²) in [4.78, 5) is 12.0. The summed E-state index contributed by atoms with van der Waals surface area (Å²) in [6.45, 7) is 1.65. The molecule has 0 aliphatic rings. The molecule has 3 N–H and O–H groups in total. The maximum atomic E-state index is 12.0. The third-order valence-electron chi connectivity index (χ3n) is 2.84. The van der Waals surface area contributed by atoms with Crippen LogP contribution in [0, 0.1) is 0 Å². The molecule has 0 heterocycles. The van der Waals surface area contributed by atoms with Gasteiger partial charge in [0.2, 0.25) is 0 Å². The van der Waals surface area contributed by atoms with E-state index < -0.39 is 6.03 Å². The van der Waals surface area contributed by atoms with E-state index in [1.807, 2.05) is 0 Å². The third-order valence-corrected chi connectivity index (χ3v) is 3.17. The number of rotatable bonds is 3.